The third-order valence-electron chi connectivity index (χ3n) is 6.19. The first kappa shape index (κ1) is 25.7. The molecule has 3 aliphatic heterocycles. The van der Waals surface area contributed by atoms with Gasteiger partial charge in [0.05, 0.1) is 17.3 Å². The van der Waals surface area contributed by atoms with Gasteiger partial charge in [-0.2, -0.15) is 23.5 Å². The molecule has 0 spiro atoms. The zero-order valence-corrected chi connectivity index (χ0v) is 20.5. The topological polar surface area (TPSA) is 137 Å². The predicted molar refractivity (Wildman–Crippen MR) is 127 cm³/mol. The molecule has 0 bridgehead atoms. The van der Waals surface area contributed by atoms with E-state index in [1.807, 2.05) is 18.0 Å². The van der Waals surface area contributed by atoms with E-state index in [2.05, 4.69) is 21.5 Å². The minimum atomic E-state index is -0.256. The summed E-state index contributed by atoms with van der Waals surface area (Å²) in [6.45, 7) is 0.400. The molecule has 0 aliphatic carbocycles. The molecule has 0 radical (unpaired) electrons. The number of hydrogen-bond donors (Lipinski definition) is 4. The van der Waals surface area contributed by atoms with Crippen molar-refractivity contribution < 1.29 is 24.0 Å². The van der Waals surface area contributed by atoms with Gasteiger partial charge in [-0.3, -0.25) is 34.9 Å². The van der Waals surface area contributed by atoms with E-state index < -0.39 is 0 Å². The van der Waals surface area contributed by atoms with Gasteiger partial charge in [0.15, 0.2) is 0 Å². The number of urea groups is 1. The molecule has 10 nitrogen and oxygen atoms in total. The Kier molecular flexibility index (Phi) is 9.72. The summed E-state index contributed by atoms with van der Waals surface area (Å²) in [4.78, 5) is 60.5. The van der Waals surface area contributed by atoms with Crippen molar-refractivity contribution in [3.05, 3.63) is 0 Å². The molecule has 33 heavy (non-hydrogen) atoms. The van der Waals surface area contributed by atoms with Crippen LogP contribution in [0.4, 0.5) is 4.79 Å². The van der Waals surface area contributed by atoms with Gasteiger partial charge in [0, 0.05) is 36.8 Å². The monoisotopic (exact) mass is 499 g/mol. The molecule has 0 aromatic rings. The van der Waals surface area contributed by atoms with Crippen LogP contribution < -0.4 is 21.5 Å². The minimum absolute atomic E-state index is 0.0912. The molecular formula is C21H33N5O5S2. The molecule has 3 fully saturated rings. The molecule has 4 atom stereocenters. The van der Waals surface area contributed by atoms with Gasteiger partial charge < -0.3 is 10.6 Å². The molecule has 3 heterocycles. The van der Waals surface area contributed by atoms with E-state index in [1.54, 1.807) is 0 Å². The summed E-state index contributed by atoms with van der Waals surface area (Å²) in [5.74, 6) is 0.227. The van der Waals surface area contributed by atoms with Crippen molar-refractivity contribution >= 4 is 53.2 Å². The van der Waals surface area contributed by atoms with Gasteiger partial charge in [-0.05, 0) is 31.9 Å². The second kappa shape index (κ2) is 12.5. The maximum atomic E-state index is 12.0. The lowest BCUT2D eigenvalue weighted by atomic mass is 10.0. The number of hydrogen-bond acceptors (Lipinski definition) is 7. The van der Waals surface area contributed by atoms with E-state index >= 15 is 0 Å². The van der Waals surface area contributed by atoms with E-state index in [9.17, 15) is 24.0 Å². The number of thioether (sulfide) groups is 2. The third-order valence-corrected chi connectivity index (χ3v) is 8.64. The summed E-state index contributed by atoms with van der Waals surface area (Å²) in [5, 5.41) is 6.01. The molecule has 184 valence electrons. The number of likely N-dealkylation sites (tertiary alicyclic amines) is 1. The number of carbonyl (C=O) groups excluding carboxylic acids is 5. The molecule has 3 saturated heterocycles. The fourth-order valence-corrected chi connectivity index (χ4v) is 6.52. The molecule has 0 saturated carbocycles. The Morgan fingerprint density at radius 2 is 1.73 bits per heavy atom. The second-order valence-corrected chi connectivity index (χ2v) is 10.9. The van der Waals surface area contributed by atoms with Gasteiger partial charge >= 0.3 is 6.03 Å². The summed E-state index contributed by atoms with van der Waals surface area (Å²) in [6.07, 6.45) is 7.28. The third kappa shape index (κ3) is 7.26. The van der Waals surface area contributed by atoms with Gasteiger partial charge in [0.2, 0.25) is 23.6 Å². The smallest absolute Gasteiger partial charge is 0.315 e. The maximum Gasteiger partial charge on any atom is 0.315 e. The maximum absolute atomic E-state index is 12.0. The average molecular weight is 500 g/mol. The molecule has 3 rings (SSSR count). The number of nitrogens with one attached hydrogen (secondary N) is 4. The van der Waals surface area contributed by atoms with Crippen LogP contribution in [0.3, 0.4) is 0 Å². The van der Waals surface area contributed by atoms with Crippen molar-refractivity contribution in [2.75, 3.05) is 18.6 Å². The Labute approximate surface area is 202 Å². The minimum Gasteiger partial charge on any atom is -0.332 e. The summed E-state index contributed by atoms with van der Waals surface area (Å²) in [6, 6.07) is 0.300. The normalized spacial score (nSPS) is 26.2. The van der Waals surface area contributed by atoms with E-state index in [0.29, 0.717) is 31.1 Å². The fourth-order valence-electron chi connectivity index (χ4n) is 4.34. The van der Waals surface area contributed by atoms with Crippen molar-refractivity contribution in [2.45, 2.75) is 80.4 Å². The van der Waals surface area contributed by atoms with Crippen molar-refractivity contribution in [1.29, 1.82) is 0 Å². The standard InChI is InChI=1S/C21H33N5O5S2/c1-32-15-11-18(29)26(20(15)30)10-6-2-3-8-16(27)24-25-17(28)9-5-4-7-14-19-13(12-33-14)22-21(31)23-19/h13-15,19H,2-12H2,1H3,(H,24,27)(H,25,28)(H2,22,23,31). The highest BCUT2D eigenvalue weighted by molar-refractivity contribution is 8.00. The van der Waals surface area contributed by atoms with Crippen LogP contribution in [0.25, 0.3) is 0 Å². The second-order valence-electron chi connectivity index (χ2n) is 8.59. The number of nitrogens with zero attached hydrogens (tertiary/aromatic N) is 1. The van der Waals surface area contributed by atoms with E-state index in [0.717, 1.165) is 31.4 Å². The number of amides is 6. The predicted octanol–water partition coefficient (Wildman–Crippen LogP) is 0.911. The Hall–Kier alpha value is -1.95. The molecule has 6 amide bonds. The lowest BCUT2D eigenvalue weighted by Gasteiger charge is -2.16. The van der Waals surface area contributed by atoms with Gasteiger partial charge in [0.25, 0.3) is 0 Å². The molecule has 4 N–H and O–H groups in total. The Morgan fingerprint density at radius 1 is 1.03 bits per heavy atom. The van der Waals surface area contributed by atoms with Crippen LogP contribution in [0, 0.1) is 0 Å². The fraction of sp³-hybridized carbons (Fsp3) is 0.762. The number of carbonyl (C=O) groups is 5. The first-order valence-corrected chi connectivity index (χ1v) is 13.9. The largest absolute Gasteiger partial charge is 0.332 e. The zero-order chi connectivity index (χ0) is 23.8. The van der Waals surface area contributed by atoms with Crippen LogP contribution in [0.1, 0.15) is 57.8 Å². The highest BCUT2D eigenvalue weighted by Gasteiger charge is 2.42. The Balaban J connectivity index is 1.17. The molecule has 4 unspecified atom stereocenters. The van der Waals surface area contributed by atoms with Crippen molar-refractivity contribution in [2.24, 2.45) is 0 Å². The molecular weight excluding hydrogens is 466 g/mol. The molecule has 3 aliphatic rings. The van der Waals surface area contributed by atoms with Gasteiger partial charge in [0.1, 0.15) is 0 Å². The SMILES string of the molecule is CSC1CC(=O)N(CCCCCC(=O)NNC(=O)CCCCC2SCC3NC(=O)NC32)C1=O. The lowest BCUT2D eigenvalue weighted by molar-refractivity contribution is -0.138. The van der Waals surface area contributed by atoms with Crippen LogP contribution in [-0.4, -0.2) is 75.7 Å². The summed E-state index contributed by atoms with van der Waals surface area (Å²) in [5.41, 5.74) is 4.89. The van der Waals surface area contributed by atoms with E-state index in [-0.39, 0.29) is 59.8 Å². The quantitative estimate of drug-likeness (QED) is 0.136. The number of unbranched alkanes of at least 4 members (excludes halogenated alkanes) is 3. The molecule has 0 aromatic heterocycles. The highest BCUT2D eigenvalue weighted by Crippen LogP contribution is 2.33. The summed E-state index contributed by atoms with van der Waals surface area (Å²) < 4.78 is 0. The van der Waals surface area contributed by atoms with Gasteiger partial charge in [-0.15, -0.1) is 0 Å². The number of fused-ring (bicyclic) bond motifs is 1. The van der Waals surface area contributed by atoms with Crippen LogP contribution in [0.2, 0.25) is 0 Å². The molecule has 12 heteroatoms. The average Bonchev–Trinajstić information content (AvgIpc) is 3.42. The van der Waals surface area contributed by atoms with E-state index in [1.165, 1.54) is 16.7 Å². The van der Waals surface area contributed by atoms with Crippen LogP contribution in [0.5, 0.6) is 0 Å². The lowest BCUT2D eigenvalue weighted by Crippen LogP contribution is -2.41. The van der Waals surface area contributed by atoms with E-state index in [4.69, 9.17) is 0 Å². The highest BCUT2D eigenvalue weighted by atomic mass is 32.2. The Morgan fingerprint density at radius 3 is 2.39 bits per heavy atom. The zero-order valence-electron chi connectivity index (χ0n) is 18.9. The summed E-state index contributed by atoms with van der Waals surface area (Å²) >= 11 is 3.26. The van der Waals surface area contributed by atoms with Crippen LogP contribution in [0.15, 0.2) is 0 Å². The van der Waals surface area contributed by atoms with Crippen molar-refractivity contribution in [3.63, 3.8) is 0 Å². The van der Waals surface area contributed by atoms with Crippen molar-refractivity contribution in [3.8, 4) is 0 Å². The van der Waals surface area contributed by atoms with Gasteiger partial charge in [-0.1, -0.05) is 12.8 Å². The molecule has 0 aromatic carbocycles. The summed E-state index contributed by atoms with van der Waals surface area (Å²) in [7, 11) is 0. The van der Waals surface area contributed by atoms with Crippen LogP contribution >= 0.6 is 23.5 Å². The first-order valence-electron chi connectivity index (χ1n) is 11.5. The number of hydrazine groups is 1. The van der Waals surface area contributed by atoms with Crippen LogP contribution in [-0.2, 0) is 19.2 Å². The first-order chi connectivity index (χ1) is 15.9. The van der Waals surface area contributed by atoms with Gasteiger partial charge in [-0.25, -0.2) is 4.79 Å². The van der Waals surface area contributed by atoms with Crippen molar-refractivity contribution in [1.82, 2.24) is 26.4 Å². The Bertz CT molecular complexity index is 767. The number of rotatable bonds is 12. The number of imide groups is 1.